The molecular weight excluding hydrogens is 220 g/mol. The van der Waals surface area contributed by atoms with E-state index in [1.54, 1.807) is 34.8 Å². The Bertz CT molecular complexity index is 315. The monoisotopic (exact) mass is 230 g/mol. The number of aliphatic carboxylic acids is 1. The van der Waals surface area contributed by atoms with E-state index >= 15 is 0 Å². The molecule has 2 heterocycles. The zero-order valence-electron chi connectivity index (χ0n) is 7.34. The van der Waals surface area contributed by atoms with Crippen molar-refractivity contribution in [3.63, 3.8) is 0 Å². The lowest BCUT2D eigenvalue weighted by atomic mass is 10.2. The molecule has 0 spiro atoms. The van der Waals surface area contributed by atoms with Crippen LogP contribution in [-0.2, 0) is 4.79 Å². The molecule has 2 atom stereocenters. The van der Waals surface area contributed by atoms with E-state index in [2.05, 4.69) is 10.3 Å². The fourth-order valence-corrected chi connectivity index (χ4v) is 3.35. The van der Waals surface area contributed by atoms with Crippen LogP contribution in [0, 0.1) is 0 Å². The molecule has 4 nitrogen and oxygen atoms in total. The van der Waals surface area contributed by atoms with Crippen LogP contribution in [0.1, 0.15) is 16.7 Å². The van der Waals surface area contributed by atoms with Crippen molar-refractivity contribution in [1.29, 1.82) is 0 Å². The van der Waals surface area contributed by atoms with E-state index in [0.717, 1.165) is 10.6 Å². The lowest BCUT2D eigenvalue weighted by Crippen LogP contribution is -2.41. The van der Waals surface area contributed by atoms with Crippen LogP contribution in [0.15, 0.2) is 11.7 Å². The summed E-state index contributed by atoms with van der Waals surface area (Å²) in [5, 5.41) is 12.1. The molecule has 0 aliphatic carbocycles. The van der Waals surface area contributed by atoms with Gasteiger partial charge in [-0.15, -0.1) is 23.1 Å². The molecule has 14 heavy (non-hydrogen) atoms. The summed E-state index contributed by atoms with van der Waals surface area (Å²) in [6.45, 7) is 0. The van der Waals surface area contributed by atoms with Gasteiger partial charge in [-0.05, 0) is 12.2 Å². The van der Waals surface area contributed by atoms with Crippen molar-refractivity contribution in [3.05, 3.63) is 16.6 Å². The molecule has 76 valence electrons. The summed E-state index contributed by atoms with van der Waals surface area (Å²) < 4.78 is 0. The molecule has 6 heteroatoms. The van der Waals surface area contributed by atoms with Gasteiger partial charge in [0.05, 0.1) is 15.8 Å². The number of hydrogen-bond donors (Lipinski definition) is 2. The molecule has 1 saturated heterocycles. The Morgan fingerprint density at radius 1 is 1.71 bits per heavy atom. The Hall–Kier alpha value is -0.590. The summed E-state index contributed by atoms with van der Waals surface area (Å²) in [5.74, 6) is 0.117. The fraction of sp³-hybridized carbons (Fsp3) is 0.500. The highest BCUT2D eigenvalue weighted by atomic mass is 32.2. The summed E-state index contributed by atoms with van der Waals surface area (Å²) >= 11 is 3.29. The Kier molecular flexibility index (Phi) is 3.05. The summed E-state index contributed by atoms with van der Waals surface area (Å²) in [5.41, 5.74) is 1.77. The van der Waals surface area contributed by atoms with Crippen LogP contribution in [0.25, 0.3) is 0 Å². The Labute approximate surface area is 89.7 Å². The third-order valence-electron chi connectivity index (χ3n) is 2.05. The molecule has 1 fully saturated rings. The predicted octanol–water partition coefficient (Wildman–Crippen LogP) is 1.32. The van der Waals surface area contributed by atoms with Crippen LogP contribution >= 0.6 is 23.1 Å². The summed E-state index contributed by atoms with van der Waals surface area (Å²) in [6.07, 6.45) is 2.48. The van der Waals surface area contributed by atoms with Gasteiger partial charge in [-0.2, -0.15) is 0 Å². The first kappa shape index (κ1) is 9.95. The maximum atomic E-state index is 10.8. The maximum Gasteiger partial charge on any atom is 0.320 e. The van der Waals surface area contributed by atoms with E-state index < -0.39 is 12.0 Å². The van der Waals surface area contributed by atoms with E-state index in [-0.39, 0.29) is 5.37 Å². The second-order valence-corrected chi connectivity index (χ2v) is 5.13. The number of rotatable bonds is 2. The number of carboxylic acids is 1. The Balaban J connectivity index is 2.04. The van der Waals surface area contributed by atoms with Gasteiger partial charge in [0.15, 0.2) is 0 Å². The summed E-state index contributed by atoms with van der Waals surface area (Å²) in [7, 11) is 0. The van der Waals surface area contributed by atoms with Crippen molar-refractivity contribution in [1.82, 2.24) is 10.3 Å². The molecule has 1 aliphatic rings. The molecule has 1 aromatic heterocycles. The van der Waals surface area contributed by atoms with Gasteiger partial charge < -0.3 is 5.11 Å². The lowest BCUT2D eigenvalue weighted by molar-refractivity contribution is -0.139. The van der Waals surface area contributed by atoms with E-state index in [4.69, 9.17) is 5.11 Å². The van der Waals surface area contributed by atoms with E-state index in [9.17, 15) is 4.79 Å². The van der Waals surface area contributed by atoms with Crippen LogP contribution < -0.4 is 5.32 Å². The second kappa shape index (κ2) is 4.29. The average molecular weight is 230 g/mol. The number of nitrogens with one attached hydrogen (secondary N) is 1. The van der Waals surface area contributed by atoms with E-state index in [1.807, 2.05) is 0 Å². The minimum Gasteiger partial charge on any atom is -0.480 e. The standard InChI is InChI=1S/C8H10N2O2S2/c11-8(12)5-1-2-13-7(10-5)6-3-9-4-14-6/h3-5,7,10H,1-2H2,(H,11,12). The number of carbonyl (C=O) groups is 1. The van der Waals surface area contributed by atoms with Crippen LogP contribution in [0.4, 0.5) is 0 Å². The average Bonchev–Trinajstić information content (AvgIpc) is 2.71. The first-order valence-corrected chi connectivity index (χ1v) is 6.19. The molecule has 1 aliphatic heterocycles. The largest absolute Gasteiger partial charge is 0.480 e. The summed E-state index contributed by atoms with van der Waals surface area (Å²) in [4.78, 5) is 15.9. The highest BCUT2D eigenvalue weighted by molar-refractivity contribution is 7.99. The van der Waals surface area contributed by atoms with Crippen molar-refractivity contribution in [3.8, 4) is 0 Å². The molecule has 2 rings (SSSR count). The third-order valence-corrected chi connectivity index (χ3v) is 4.24. The molecule has 0 radical (unpaired) electrons. The van der Waals surface area contributed by atoms with Crippen LogP contribution in [0.3, 0.4) is 0 Å². The first-order chi connectivity index (χ1) is 6.77. The van der Waals surface area contributed by atoms with Crippen LogP contribution in [0.5, 0.6) is 0 Å². The lowest BCUT2D eigenvalue weighted by Gasteiger charge is -2.26. The molecule has 0 saturated carbocycles. The highest BCUT2D eigenvalue weighted by Crippen LogP contribution is 2.33. The summed E-state index contributed by atoms with van der Waals surface area (Å²) in [6, 6.07) is -0.414. The van der Waals surface area contributed by atoms with E-state index in [0.29, 0.717) is 6.42 Å². The van der Waals surface area contributed by atoms with Gasteiger partial charge in [-0.1, -0.05) is 0 Å². The first-order valence-electron chi connectivity index (χ1n) is 4.26. The fourth-order valence-electron chi connectivity index (χ4n) is 1.33. The van der Waals surface area contributed by atoms with Gasteiger partial charge in [-0.25, -0.2) is 0 Å². The number of aromatic nitrogens is 1. The number of thiazole rings is 1. The number of thioether (sulfide) groups is 1. The minimum absolute atomic E-state index is 0.0948. The Morgan fingerprint density at radius 2 is 2.57 bits per heavy atom. The topological polar surface area (TPSA) is 62.2 Å². The molecule has 0 amide bonds. The van der Waals surface area contributed by atoms with Gasteiger partial charge in [0.1, 0.15) is 6.04 Å². The van der Waals surface area contributed by atoms with Crippen molar-refractivity contribution >= 4 is 29.1 Å². The van der Waals surface area contributed by atoms with Crippen molar-refractivity contribution in [2.45, 2.75) is 17.8 Å². The van der Waals surface area contributed by atoms with Crippen molar-refractivity contribution in [2.75, 3.05) is 5.75 Å². The van der Waals surface area contributed by atoms with Crippen molar-refractivity contribution < 1.29 is 9.90 Å². The third kappa shape index (κ3) is 2.08. The van der Waals surface area contributed by atoms with Crippen molar-refractivity contribution in [2.24, 2.45) is 0 Å². The van der Waals surface area contributed by atoms with Gasteiger partial charge >= 0.3 is 5.97 Å². The van der Waals surface area contributed by atoms with Crippen LogP contribution in [-0.4, -0.2) is 27.9 Å². The number of nitrogens with zero attached hydrogens (tertiary/aromatic N) is 1. The van der Waals surface area contributed by atoms with Gasteiger partial charge in [0.25, 0.3) is 0 Å². The molecule has 1 aromatic rings. The molecule has 0 bridgehead atoms. The predicted molar refractivity (Wildman–Crippen MR) is 56.5 cm³/mol. The van der Waals surface area contributed by atoms with Gasteiger partial charge in [0.2, 0.25) is 0 Å². The molecule has 2 unspecified atom stereocenters. The SMILES string of the molecule is O=C(O)C1CCSC(c2cncs2)N1. The smallest absolute Gasteiger partial charge is 0.320 e. The second-order valence-electron chi connectivity index (χ2n) is 3.00. The molecule has 0 aromatic carbocycles. The van der Waals surface area contributed by atoms with Gasteiger partial charge in [0, 0.05) is 6.20 Å². The Morgan fingerprint density at radius 3 is 3.21 bits per heavy atom. The highest BCUT2D eigenvalue weighted by Gasteiger charge is 2.27. The van der Waals surface area contributed by atoms with Crippen LogP contribution in [0.2, 0.25) is 0 Å². The quantitative estimate of drug-likeness (QED) is 0.802. The molecule has 2 N–H and O–H groups in total. The van der Waals surface area contributed by atoms with Gasteiger partial charge in [-0.3, -0.25) is 15.1 Å². The molecular formula is C8H10N2O2S2. The zero-order valence-corrected chi connectivity index (χ0v) is 8.98. The maximum absolute atomic E-state index is 10.8. The van der Waals surface area contributed by atoms with E-state index in [1.165, 1.54) is 0 Å². The normalized spacial score (nSPS) is 27.4. The number of hydrogen-bond acceptors (Lipinski definition) is 5. The minimum atomic E-state index is -0.764. The zero-order chi connectivity index (χ0) is 9.97. The number of carboxylic acid groups (broad SMARTS) is 1.